The first kappa shape index (κ1) is 36.4. The van der Waals surface area contributed by atoms with E-state index in [0.29, 0.717) is 11.1 Å². The summed E-state index contributed by atoms with van der Waals surface area (Å²) >= 11 is 0. The van der Waals surface area contributed by atoms with Crippen molar-refractivity contribution in [3.8, 4) is 11.5 Å². The van der Waals surface area contributed by atoms with Crippen LogP contribution in [0.2, 0.25) is 0 Å². The number of benzene rings is 2. The predicted molar refractivity (Wildman–Crippen MR) is 160 cm³/mol. The molecule has 4 rings (SSSR count). The second kappa shape index (κ2) is 16.1. The molecule has 2 aromatic carbocycles. The van der Waals surface area contributed by atoms with Crippen molar-refractivity contribution in [1.82, 2.24) is 0 Å². The zero-order valence-corrected chi connectivity index (χ0v) is 25.5. The topological polar surface area (TPSA) is 248 Å². The Labute approximate surface area is 273 Å². The van der Waals surface area contributed by atoms with Gasteiger partial charge in [-0.2, -0.15) is 0 Å². The summed E-state index contributed by atoms with van der Waals surface area (Å²) in [4.78, 5) is 37.5. The van der Waals surface area contributed by atoms with Crippen molar-refractivity contribution in [1.29, 1.82) is 0 Å². The molecule has 0 spiro atoms. The quantitative estimate of drug-likeness (QED) is 0.0819. The number of aliphatic hydroxyl groups excluding tert-OH is 5. The maximum atomic E-state index is 12.8. The highest BCUT2D eigenvalue weighted by Gasteiger charge is 2.61. The molecule has 260 valence electrons. The zero-order chi connectivity index (χ0) is 35.0. The summed E-state index contributed by atoms with van der Waals surface area (Å²) < 4.78 is 33.0. The molecule has 2 aromatic rings. The first-order valence-electron chi connectivity index (χ1n) is 14.6. The Morgan fingerprint density at radius 2 is 1.27 bits per heavy atom. The van der Waals surface area contributed by atoms with Crippen LogP contribution in [0, 0.1) is 0 Å². The van der Waals surface area contributed by atoms with Crippen LogP contribution in [0.3, 0.4) is 0 Å². The molecule has 48 heavy (non-hydrogen) atoms. The van der Waals surface area contributed by atoms with Crippen molar-refractivity contribution in [2.24, 2.45) is 0 Å². The van der Waals surface area contributed by atoms with Crippen molar-refractivity contribution in [3.05, 3.63) is 71.8 Å². The van der Waals surface area contributed by atoms with Gasteiger partial charge in [0.2, 0.25) is 5.79 Å². The molecule has 9 unspecified atom stereocenters. The van der Waals surface area contributed by atoms with E-state index in [9.17, 15) is 50.1 Å². The fourth-order valence-corrected chi connectivity index (χ4v) is 5.05. The lowest BCUT2D eigenvalue weighted by Crippen LogP contribution is -2.64. The molecule has 0 bridgehead atoms. The third-order valence-electron chi connectivity index (χ3n) is 7.39. The lowest BCUT2D eigenvalue weighted by Gasteiger charge is -2.45. The molecule has 0 aromatic heterocycles. The Morgan fingerprint density at radius 3 is 1.75 bits per heavy atom. The van der Waals surface area contributed by atoms with Gasteiger partial charge in [0.25, 0.3) is 0 Å². The number of hydrogen-bond donors (Lipinski definition) is 7. The van der Waals surface area contributed by atoms with E-state index < -0.39 is 92.5 Å². The van der Waals surface area contributed by atoms with E-state index >= 15 is 0 Å². The van der Waals surface area contributed by atoms with Crippen LogP contribution < -0.4 is 0 Å². The Bertz CT molecular complexity index is 1460. The SMILES string of the molecule is CC(=O)OC1C(O)C(OC2(CO)OC(CO)C(O)C2OC(=O)C=Cc2ccc(O)cc2)OC(CO)C1OC(=O)C=Cc1ccc(O)cc1. The van der Waals surface area contributed by atoms with E-state index in [4.69, 9.17) is 28.4 Å². The molecular weight excluding hydrogens is 640 g/mol. The number of phenolic OH excluding ortho intramolecular Hbond substituents is 2. The second-order valence-electron chi connectivity index (χ2n) is 10.8. The minimum Gasteiger partial charge on any atom is -0.508 e. The molecule has 0 radical (unpaired) electrons. The van der Waals surface area contributed by atoms with E-state index in [1.807, 2.05) is 0 Å². The van der Waals surface area contributed by atoms with Crippen LogP contribution in [0.15, 0.2) is 60.7 Å². The molecule has 0 aliphatic carbocycles. The van der Waals surface area contributed by atoms with Gasteiger partial charge in [0.05, 0.1) is 13.2 Å². The average molecular weight is 677 g/mol. The van der Waals surface area contributed by atoms with Crippen molar-refractivity contribution in [2.75, 3.05) is 19.8 Å². The lowest BCUT2D eigenvalue weighted by atomic mass is 9.98. The zero-order valence-electron chi connectivity index (χ0n) is 25.5. The fraction of sp³-hybridized carbons (Fsp3) is 0.406. The lowest BCUT2D eigenvalue weighted by molar-refractivity contribution is -0.383. The van der Waals surface area contributed by atoms with E-state index in [1.165, 1.54) is 60.7 Å². The van der Waals surface area contributed by atoms with Gasteiger partial charge in [-0.05, 0) is 47.5 Å². The normalized spacial score (nSPS) is 30.4. The van der Waals surface area contributed by atoms with Gasteiger partial charge in [0.1, 0.15) is 42.5 Å². The molecule has 2 aliphatic heterocycles. The maximum absolute atomic E-state index is 12.8. The molecule has 2 aliphatic rings. The number of ether oxygens (including phenoxy) is 6. The minimum absolute atomic E-state index is 0.000640. The van der Waals surface area contributed by atoms with Gasteiger partial charge < -0.3 is 64.2 Å². The molecule has 7 N–H and O–H groups in total. The Kier molecular flexibility index (Phi) is 12.3. The van der Waals surface area contributed by atoms with Crippen LogP contribution in [-0.4, -0.2) is 128 Å². The molecule has 16 heteroatoms. The molecule has 2 heterocycles. The van der Waals surface area contributed by atoms with Gasteiger partial charge in [-0.1, -0.05) is 24.3 Å². The third-order valence-corrected chi connectivity index (χ3v) is 7.39. The standard InChI is InChI=1S/C32H36O16/c1-17(36)43-29-27(42)31(44-23(15-34)28(29)45-24(39)12-6-18-2-8-20(37)9-3-18)48-32(16-35)30(26(41)22(14-33)47-32)46-25(40)13-7-19-4-10-21(38)11-5-19/h2-13,22-23,26-31,33-35,37-38,41-42H,14-16H2,1H3. The summed E-state index contributed by atoms with van der Waals surface area (Å²) in [6.45, 7) is -1.80. The predicted octanol–water partition coefficient (Wildman–Crippen LogP) is -0.885. The molecule has 2 saturated heterocycles. The number of aromatic hydroxyl groups is 2. The molecule has 16 nitrogen and oxygen atoms in total. The Morgan fingerprint density at radius 1 is 0.750 bits per heavy atom. The number of esters is 3. The smallest absolute Gasteiger partial charge is 0.331 e. The van der Waals surface area contributed by atoms with Crippen molar-refractivity contribution >= 4 is 30.1 Å². The highest BCUT2D eigenvalue weighted by molar-refractivity contribution is 5.87. The first-order valence-corrected chi connectivity index (χ1v) is 14.6. The van der Waals surface area contributed by atoms with Gasteiger partial charge >= 0.3 is 17.9 Å². The first-order chi connectivity index (χ1) is 22.9. The van der Waals surface area contributed by atoms with Crippen molar-refractivity contribution in [2.45, 2.75) is 61.7 Å². The fourth-order valence-electron chi connectivity index (χ4n) is 5.05. The maximum Gasteiger partial charge on any atom is 0.331 e. The van der Waals surface area contributed by atoms with Gasteiger partial charge in [-0.3, -0.25) is 4.79 Å². The van der Waals surface area contributed by atoms with Gasteiger partial charge in [-0.15, -0.1) is 0 Å². The largest absolute Gasteiger partial charge is 0.508 e. The summed E-state index contributed by atoms with van der Waals surface area (Å²) in [6, 6.07) is 11.6. The molecular formula is C32H36O16. The van der Waals surface area contributed by atoms with Crippen LogP contribution in [-0.2, 0) is 42.8 Å². The van der Waals surface area contributed by atoms with E-state index in [0.717, 1.165) is 19.1 Å². The minimum atomic E-state index is -2.47. The Hall–Kier alpha value is -4.39. The monoisotopic (exact) mass is 676 g/mol. The highest BCUT2D eigenvalue weighted by atomic mass is 16.8. The number of carbonyl (C=O) groups is 3. The van der Waals surface area contributed by atoms with Crippen LogP contribution >= 0.6 is 0 Å². The van der Waals surface area contributed by atoms with Crippen LogP contribution in [0.1, 0.15) is 18.1 Å². The highest BCUT2D eigenvalue weighted by Crippen LogP contribution is 2.38. The van der Waals surface area contributed by atoms with Gasteiger partial charge in [-0.25, -0.2) is 9.59 Å². The third kappa shape index (κ3) is 8.74. The second-order valence-corrected chi connectivity index (χ2v) is 10.8. The summed E-state index contributed by atoms with van der Waals surface area (Å²) in [5.74, 6) is -5.41. The van der Waals surface area contributed by atoms with Crippen LogP contribution in [0.5, 0.6) is 11.5 Å². The van der Waals surface area contributed by atoms with E-state index in [-0.39, 0.29) is 11.5 Å². The van der Waals surface area contributed by atoms with Crippen LogP contribution in [0.25, 0.3) is 12.2 Å². The summed E-state index contributed by atoms with van der Waals surface area (Å²) in [5, 5.41) is 71.3. The van der Waals surface area contributed by atoms with E-state index in [1.54, 1.807) is 0 Å². The Balaban J connectivity index is 1.55. The van der Waals surface area contributed by atoms with Crippen molar-refractivity contribution in [3.63, 3.8) is 0 Å². The van der Waals surface area contributed by atoms with Gasteiger partial charge in [0.15, 0.2) is 24.6 Å². The molecule has 9 atom stereocenters. The number of phenols is 2. The molecule has 0 amide bonds. The number of carbonyl (C=O) groups excluding carboxylic acids is 3. The summed E-state index contributed by atoms with van der Waals surface area (Å²) in [6.07, 6.45) is -9.08. The van der Waals surface area contributed by atoms with E-state index in [2.05, 4.69) is 0 Å². The summed E-state index contributed by atoms with van der Waals surface area (Å²) in [7, 11) is 0. The van der Waals surface area contributed by atoms with Gasteiger partial charge in [0, 0.05) is 19.1 Å². The number of aliphatic hydroxyl groups is 5. The average Bonchev–Trinajstić information content (AvgIpc) is 3.33. The summed E-state index contributed by atoms with van der Waals surface area (Å²) in [5.41, 5.74) is 1.02. The molecule has 0 saturated carbocycles. The number of hydrogen-bond acceptors (Lipinski definition) is 16. The molecule has 2 fully saturated rings. The van der Waals surface area contributed by atoms with Crippen LogP contribution in [0.4, 0.5) is 0 Å². The number of rotatable bonds is 12. The van der Waals surface area contributed by atoms with Crippen molar-refractivity contribution < 1.29 is 78.6 Å².